The molecule has 0 aromatic carbocycles. The Balaban J connectivity index is 2.22. The SMILES string of the molecule is C/C1=C/CC[C@](C)(O)/C=C\[C@@H](C(C)C)CCC2=C[C@@H](C1)OC2=O. The molecule has 0 fully saturated rings. The van der Waals surface area contributed by atoms with Crippen LogP contribution in [0.3, 0.4) is 0 Å². The molecule has 23 heavy (non-hydrogen) atoms. The van der Waals surface area contributed by atoms with Crippen LogP contribution in [-0.4, -0.2) is 22.8 Å². The second kappa shape index (κ2) is 7.48. The van der Waals surface area contributed by atoms with E-state index in [0.717, 1.165) is 31.3 Å². The first-order valence-electron chi connectivity index (χ1n) is 8.76. The summed E-state index contributed by atoms with van der Waals surface area (Å²) < 4.78 is 5.47. The third-order valence-corrected chi connectivity index (χ3v) is 4.88. The number of rotatable bonds is 1. The van der Waals surface area contributed by atoms with Gasteiger partial charge >= 0.3 is 5.97 Å². The molecule has 2 aliphatic rings. The fraction of sp³-hybridized carbons (Fsp3) is 0.650. The molecule has 2 bridgehead atoms. The van der Waals surface area contributed by atoms with Gasteiger partial charge in [-0.15, -0.1) is 0 Å². The summed E-state index contributed by atoms with van der Waals surface area (Å²) in [6, 6.07) is 0. The van der Waals surface area contributed by atoms with Crippen LogP contribution in [0.5, 0.6) is 0 Å². The molecule has 1 N–H and O–H groups in total. The molecule has 0 radical (unpaired) electrons. The molecule has 1 aliphatic carbocycles. The molecule has 3 heteroatoms. The highest BCUT2D eigenvalue weighted by atomic mass is 16.5. The Bertz CT molecular complexity index is 523. The molecule has 1 heterocycles. The highest BCUT2D eigenvalue weighted by Crippen LogP contribution is 2.29. The van der Waals surface area contributed by atoms with E-state index in [9.17, 15) is 9.90 Å². The monoisotopic (exact) mass is 318 g/mol. The first-order valence-corrected chi connectivity index (χ1v) is 8.76. The minimum atomic E-state index is -0.779. The fourth-order valence-corrected chi connectivity index (χ4v) is 3.23. The lowest BCUT2D eigenvalue weighted by Gasteiger charge is -2.22. The van der Waals surface area contributed by atoms with E-state index >= 15 is 0 Å². The average Bonchev–Trinajstić information content (AvgIpc) is 2.77. The molecule has 0 amide bonds. The van der Waals surface area contributed by atoms with E-state index in [1.165, 1.54) is 5.57 Å². The Hall–Kier alpha value is -1.35. The number of ether oxygens (including phenoxy) is 1. The molecule has 128 valence electrons. The first-order chi connectivity index (χ1) is 10.8. The predicted molar refractivity (Wildman–Crippen MR) is 92.9 cm³/mol. The van der Waals surface area contributed by atoms with Crippen molar-refractivity contribution in [1.82, 2.24) is 0 Å². The zero-order valence-electron chi connectivity index (χ0n) is 14.8. The summed E-state index contributed by atoms with van der Waals surface area (Å²) in [5.74, 6) is 0.677. The van der Waals surface area contributed by atoms with Gasteiger partial charge in [-0.3, -0.25) is 0 Å². The highest BCUT2D eigenvalue weighted by molar-refractivity contribution is 5.90. The van der Waals surface area contributed by atoms with Crippen molar-refractivity contribution < 1.29 is 14.6 Å². The Morgan fingerprint density at radius 3 is 2.83 bits per heavy atom. The molecule has 0 saturated heterocycles. The largest absolute Gasteiger partial charge is 0.454 e. The lowest BCUT2D eigenvalue weighted by atomic mass is 9.87. The van der Waals surface area contributed by atoms with Crippen LogP contribution in [0.4, 0.5) is 0 Å². The number of aliphatic hydroxyl groups is 1. The van der Waals surface area contributed by atoms with Gasteiger partial charge in [-0.1, -0.05) is 37.6 Å². The van der Waals surface area contributed by atoms with Gasteiger partial charge in [0.15, 0.2) is 0 Å². The second-order valence-electron chi connectivity index (χ2n) is 7.59. The molecule has 3 nitrogen and oxygen atoms in total. The number of carbonyl (C=O) groups is 1. The number of carbonyl (C=O) groups excluding carboxylic acids is 1. The quantitative estimate of drug-likeness (QED) is 0.578. The molecule has 0 saturated carbocycles. The Morgan fingerprint density at radius 2 is 2.13 bits per heavy atom. The van der Waals surface area contributed by atoms with Crippen molar-refractivity contribution in [1.29, 1.82) is 0 Å². The van der Waals surface area contributed by atoms with Crippen LogP contribution in [0.25, 0.3) is 0 Å². The number of hydrogen-bond acceptors (Lipinski definition) is 3. The lowest BCUT2D eigenvalue weighted by molar-refractivity contribution is -0.139. The van der Waals surface area contributed by atoms with Crippen LogP contribution >= 0.6 is 0 Å². The predicted octanol–water partition coefficient (Wildman–Crippen LogP) is 4.33. The van der Waals surface area contributed by atoms with Crippen LogP contribution in [-0.2, 0) is 9.53 Å². The van der Waals surface area contributed by atoms with Crippen molar-refractivity contribution >= 4 is 5.97 Å². The van der Waals surface area contributed by atoms with Crippen LogP contribution in [0.1, 0.15) is 59.8 Å². The zero-order valence-corrected chi connectivity index (χ0v) is 14.8. The summed E-state index contributed by atoms with van der Waals surface area (Å²) in [4.78, 5) is 12.0. The lowest BCUT2D eigenvalue weighted by Crippen LogP contribution is -2.21. The minimum Gasteiger partial charge on any atom is -0.454 e. The average molecular weight is 318 g/mol. The maximum Gasteiger partial charge on any atom is 0.334 e. The maximum atomic E-state index is 12.0. The van der Waals surface area contributed by atoms with Crippen LogP contribution in [0, 0.1) is 11.8 Å². The molecule has 1 aliphatic heterocycles. The van der Waals surface area contributed by atoms with Crippen molar-refractivity contribution in [3.05, 3.63) is 35.5 Å². The van der Waals surface area contributed by atoms with E-state index in [1.54, 1.807) is 0 Å². The number of esters is 1. The summed E-state index contributed by atoms with van der Waals surface area (Å²) >= 11 is 0. The van der Waals surface area contributed by atoms with Gasteiger partial charge in [0, 0.05) is 12.0 Å². The van der Waals surface area contributed by atoms with Gasteiger partial charge in [-0.05, 0) is 57.4 Å². The smallest absolute Gasteiger partial charge is 0.334 e. The first kappa shape index (κ1) is 18.0. The number of hydrogen-bond donors (Lipinski definition) is 1. The Labute approximate surface area is 140 Å². The van der Waals surface area contributed by atoms with Crippen molar-refractivity contribution in [3.8, 4) is 0 Å². The van der Waals surface area contributed by atoms with Crippen molar-refractivity contribution in [3.63, 3.8) is 0 Å². The van der Waals surface area contributed by atoms with Gasteiger partial charge < -0.3 is 9.84 Å². The normalized spacial score (nSPS) is 36.7. The number of allylic oxidation sites excluding steroid dienone is 2. The van der Waals surface area contributed by atoms with Crippen molar-refractivity contribution in [2.45, 2.75) is 71.5 Å². The number of fused-ring (bicyclic) bond motifs is 1. The molecular weight excluding hydrogens is 288 g/mol. The summed E-state index contributed by atoms with van der Waals surface area (Å²) in [6.45, 7) is 8.30. The fourth-order valence-electron chi connectivity index (χ4n) is 3.23. The van der Waals surface area contributed by atoms with Gasteiger partial charge in [-0.25, -0.2) is 4.79 Å². The van der Waals surface area contributed by atoms with E-state index in [-0.39, 0.29) is 12.1 Å². The summed E-state index contributed by atoms with van der Waals surface area (Å²) in [5, 5.41) is 10.5. The van der Waals surface area contributed by atoms with Gasteiger partial charge in [0.05, 0.1) is 5.60 Å². The summed E-state index contributed by atoms with van der Waals surface area (Å²) in [7, 11) is 0. The Kier molecular flexibility index (Phi) is 5.85. The summed E-state index contributed by atoms with van der Waals surface area (Å²) in [6.07, 6.45) is 12.0. The molecular formula is C20H30O3. The molecule has 0 aromatic rings. The zero-order chi connectivity index (χ0) is 17.0. The molecule has 0 aromatic heterocycles. The van der Waals surface area contributed by atoms with Crippen LogP contribution < -0.4 is 0 Å². The van der Waals surface area contributed by atoms with E-state index in [4.69, 9.17) is 4.74 Å². The minimum absolute atomic E-state index is 0.120. The molecule has 2 rings (SSSR count). The van der Waals surface area contributed by atoms with Crippen LogP contribution in [0.2, 0.25) is 0 Å². The second-order valence-corrected chi connectivity index (χ2v) is 7.59. The van der Waals surface area contributed by atoms with Crippen molar-refractivity contribution in [2.24, 2.45) is 11.8 Å². The topological polar surface area (TPSA) is 46.5 Å². The third-order valence-electron chi connectivity index (χ3n) is 4.88. The molecule has 3 atom stereocenters. The van der Waals surface area contributed by atoms with Gasteiger partial charge in [0.25, 0.3) is 0 Å². The molecule has 0 unspecified atom stereocenters. The van der Waals surface area contributed by atoms with Crippen molar-refractivity contribution in [2.75, 3.05) is 0 Å². The van der Waals surface area contributed by atoms with Crippen LogP contribution in [0.15, 0.2) is 35.5 Å². The third kappa shape index (κ3) is 5.35. The standard InChI is InChI=1S/C20H30O3/c1-14(2)16-7-8-17-13-18(23-19(17)21)12-15(3)6-5-10-20(4,22)11-9-16/h6,9,11,13-14,16,18,22H,5,7-8,10,12H2,1-4H3/b11-9-,15-6-/t16-,18+,20-/m0/s1. The highest BCUT2D eigenvalue weighted by Gasteiger charge is 2.26. The van der Waals surface area contributed by atoms with Gasteiger partial charge in [0.1, 0.15) is 6.10 Å². The molecule has 0 spiro atoms. The van der Waals surface area contributed by atoms with E-state index in [0.29, 0.717) is 18.3 Å². The van der Waals surface area contributed by atoms with E-state index < -0.39 is 5.60 Å². The van der Waals surface area contributed by atoms with E-state index in [1.807, 2.05) is 19.1 Å². The summed E-state index contributed by atoms with van der Waals surface area (Å²) in [5.41, 5.74) is 1.24. The van der Waals surface area contributed by atoms with Gasteiger partial charge in [-0.2, -0.15) is 0 Å². The van der Waals surface area contributed by atoms with E-state index in [2.05, 4.69) is 32.9 Å². The Morgan fingerprint density at radius 1 is 1.39 bits per heavy atom. The maximum absolute atomic E-state index is 12.0. The van der Waals surface area contributed by atoms with Gasteiger partial charge in [0.2, 0.25) is 0 Å².